The minimum Gasteiger partial charge on any atom is -0.382 e. The van der Waals surface area contributed by atoms with Crippen LogP contribution in [-0.2, 0) is 14.2 Å². The summed E-state index contributed by atoms with van der Waals surface area (Å²) < 4.78 is 53.1. The molecule has 0 N–H and O–H groups in total. The van der Waals surface area contributed by atoms with E-state index in [1.165, 1.54) is 21.0 Å². The van der Waals surface area contributed by atoms with E-state index in [-0.39, 0.29) is 13.2 Å². The van der Waals surface area contributed by atoms with Gasteiger partial charge in [0, 0.05) is 7.11 Å². The highest BCUT2D eigenvalue weighted by molar-refractivity contribution is 4.87. The van der Waals surface area contributed by atoms with E-state index in [0.29, 0.717) is 13.2 Å². The summed E-state index contributed by atoms with van der Waals surface area (Å²) in [4.78, 5) is 0. The molecule has 1 unspecified atom stereocenters. The third-order valence-corrected chi connectivity index (χ3v) is 2.73. The third-order valence-electron chi connectivity index (χ3n) is 2.73. The second-order valence-electron chi connectivity index (χ2n) is 4.21. The Kier molecular flexibility index (Phi) is 7.04. The van der Waals surface area contributed by atoms with E-state index in [0.717, 1.165) is 6.92 Å². The molecule has 6 heteroatoms. The first-order valence-electron chi connectivity index (χ1n) is 5.53. The van der Waals surface area contributed by atoms with Crippen molar-refractivity contribution in [2.45, 2.75) is 32.5 Å². The summed E-state index contributed by atoms with van der Waals surface area (Å²) in [7, 11) is 1.53. The van der Waals surface area contributed by atoms with Crippen LogP contribution in [-0.4, -0.2) is 45.3 Å². The Hall–Kier alpha value is -0.330. The van der Waals surface area contributed by atoms with Crippen LogP contribution < -0.4 is 0 Å². The van der Waals surface area contributed by atoms with Gasteiger partial charge in [-0.15, -0.1) is 0 Å². The minimum absolute atomic E-state index is 0.0854. The van der Waals surface area contributed by atoms with E-state index in [9.17, 15) is 13.2 Å². The Morgan fingerprint density at radius 2 is 1.53 bits per heavy atom. The summed E-state index contributed by atoms with van der Waals surface area (Å²) in [5.41, 5.74) is -2.13. The summed E-state index contributed by atoms with van der Waals surface area (Å²) in [5, 5.41) is 0. The predicted octanol–water partition coefficient (Wildman–Crippen LogP) is 2.64. The second kappa shape index (κ2) is 7.18. The van der Waals surface area contributed by atoms with Gasteiger partial charge in [0.1, 0.15) is 0 Å². The molecule has 0 aliphatic carbocycles. The zero-order valence-electron chi connectivity index (χ0n) is 10.8. The number of ether oxygens (including phenoxy) is 3. The fourth-order valence-corrected chi connectivity index (χ4v) is 1.13. The van der Waals surface area contributed by atoms with Crippen LogP contribution in [0.3, 0.4) is 0 Å². The average molecular weight is 258 g/mol. The minimum atomic E-state index is -4.38. The number of alkyl halides is 3. The van der Waals surface area contributed by atoms with Crippen molar-refractivity contribution in [3.05, 3.63) is 0 Å². The lowest BCUT2D eigenvalue weighted by molar-refractivity contribution is -0.288. The largest absolute Gasteiger partial charge is 0.417 e. The molecule has 104 valence electrons. The standard InChI is InChI=1S/C11H21F3O3/c1-9(2)10(3,11(12,13)14)17-8-7-16-6-5-15-4/h9H,5-8H2,1-4H3. The van der Waals surface area contributed by atoms with Gasteiger partial charge in [-0.05, 0) is 12.8 Å². The van der Waals surface area contributed by atoms with Crippen molar-refractivity contribution in [2.24, 2.45) is 5.92 Å². The molecule has 0 rings (SSSR count). The van der Waals surface area contributed by atoms with E-state index >= 15 is 0 Å². The molecule has 0 aromatic heterocycles. The normalized spacial score (nSPS) is 16.2. The first-order chi connectivity index (χ1) is 7.75. The Bertz CT molecular complexity index is 207. The molecule has 17 heavy (non-hydrogen) atoms. The summed E-state index contributed by atoms with van der Waals surface area (Å²) >= 11 is 0. The van der Waals surface area contributed by atoms with Crippen LogP contribution in [0.2, 0.25) is 0 Å². The van der Waals surface area contributed by atoms with Gasteiger partial charge in [0.25, 0.3) is 0 Å². The van der Waals surface area contributed by atoms with E-state index in [2.05, 4.69) is 0 Å². The van der Waals surface area contributed by atoms with E-state index in [4.69, 9.17) is 14.2 Å². The highest BCUT2D eigenvalue weighted by atomic mass is 19.4. The predicted molar refractivity (Wildman–Crippen MR) is 57.9 cm³/mol. The first-order valence-corrected chi connectivity index (χ1v) is 5.53. The Labute approximate surface area is 100 Å². The molecule has 0 amide bonds. The molecule has 0 spiro atoms. The molecular formula is C11H21F3O3. The van der Waals surface area contributed by atoms with Crippen molar-refractivity contribution in [2.75, 3.05) is 33.5 Å². The maximum absolute atomic E-state index is 12.8. The molecular weight excluding hydrogens is 237 g/mol. The molecule has 0 aliphatic heterocycles. The van der Waals surface area contributed by atoms with Gasteiger partial charge in [-0.3, -0.25) is 0 Å². The molecule has 0 saturated carbocycles. The van der Waals surface area contributed by atoms with Crippen LogP contribution in [0, 0.1) is 5.92 Å². The van der Waals surface area contributed by atoms with Gasteiger partial charge in [0.05, 0.1) is 26.4 Å². The van der Waals surface area contributed by atoms with Crippen molar-refractivity contribution in [1.29, 1.82) is 0 Å². The van der Waals surface area contributed by atoms with Crippen molar-refractivity contribution in [3.8, 4) is 0 Å². The van der Waals surface area contributed by atoms with Gasteiger partial charge in [0.15, 0.2) is 5.60 Å². The molecule has 0 fully saturated rings. The van der Waals surface area contributed by atoms with Crippen LogP contribution in [0.25, 0.3) is 0 Å². The maximum atomic E-state index is 12.8. The lowest BCUT2D eigenvalue weighted by atomic mass is 9.91. The summed E-state index contributed by atoms with van der Waals surface area (Å²) in [6.45, 7) is 4.84. The highest BCUT2D eigenvalue weighted by Gasteiger charge is 2.54. The van der Waals surface area contributed by atoms with Crippen molar-refractivity contribution in [1.82, 2.24) is 0 Å². The van der Waals surface area contributed by atoms with Crippen LogP contribution in [0.5, 0.6) is 0 Å². The first kappa shape index (κ1) is 16.7. The zero-order chi connectivity index (χ0) is 13.5. The molecule has 0 aromatic carbocycles. The lowest BCUT2D eigenvalue weighted by Crippen LogP contribution is -2.49. The van der Waals surface area contributed by atoms with Gasteiger partial charge in [-0.1, -0.05) is 13.8 Å². The number of hydrogen-bond acceptors (Lipinski definition) is 3. The van der Waals surface area contributed by atoms with Crippen LogP contribution in [0.1, 0.15) is 20.8 Å². The molecule has 0 bridgehead atoms. The summed E-state index contributed by atoms with van der Waals surface area (Å²) in [5.74, 6) is -0.651. The lowest BCUT2D eigenvalue weighted by Gasteiger charge is -2.35. The van der Waals surface area contributed by atoms with Crippen molar-refractivity contribution < 1.29 is 27.4 Å². The van der Waals surface area contributed by atoms with Gasteiger partial charge in [0.2, 0.25) is 0 Å². The molecule has 3 nitrogen and oxygen atoms in total. The van der Waals surface area contributed by atoms with Crippen LogP contribution in [0.4, 0.5) is 13.2 Å². The molecule has 0 aromatic rings. The van der Waals surface area contributed by atoms with E-state index < -0.39 is 17.7 Å². The van der Waals surface area contributed by atoms with E-state index in [1.807, 2.05) is 0 Å². The van der Waals surface area contributed by atoms with Gasteiger partial charge < -0.3 is 14.2 Å². The summed E-state index contributed by atoms with van der Waals surface area (Å²) in [6, 6.07) is 0. The molecule has 0 radical (unpaired) electrons. The Morgan fingerprint density at radius 1 is 1.00 bits per heavy atom. The molecule has 1 atom stereocenters. The van der Waals surface area contributed by atoms with Gasteiger partial charge >= 0.3 is 6.18 Å². The zero-order valence-corrected chi connectivity index (χ0v) is 10.8. The highest BCUT2D eigenvalue weighted by Crippen LogP contribution is 2.38. The molecule has 0 saturated heterocycles. The fraction of sp³-hybridized carbons (Fsp3) is 1.00. The average Bonchev–Trinajstić information content (AvgIpc) is 2.20. The Balaban J connectivity index is 4.04. The van der Waals surface area contributed by atoms with Gasteiger partial charge in [-0.2, -0.15) is 13.2 Å². The number of methoxy groups -OCH3 is 1. The number of hydrogen-bond donors (Lipinski definition) is 0. The number of rotatable bonds is 8. The summed E-state index contributed by atoms with van der Waals surface area (Å²) in [6.07, 6.45) is -4.38. The van der Waals surface area contributed by atoms with Gasteiger partial charge in [-0.25, -0.2) is 0 Å². The SMILES string of the molecule is COCCOCCOC(C)(C(C)C)C(F)(F)F. The Morgan fingerprint density at radius 3 is 1.94 bits per heavy atom. The third kappa shape index (κ3) is 5.23. The van der Waals surface area contributed by atoms with Crippen LogP contribution in [0.15, 0.2) is 0 Å². The molecule has 0 heterocycles. The number of halogens is 3. The quantitative estimate of drug-likeness (QED) is 0.626. The van der Waals surface area contributed by atoms with Crippen molar-refractivity contribution >= 4 is 0 Å². The second-order valence-corrected chi connectivity index (χ2v) is 4.21. The topological polar surface area (TPSA) is 27.7 Å². The fourth-order valence-electron chi connectivity index (χ4n) is 1.13. The maximum Gasteiger partial charge on any atom is 0.417 e. The van der Waals surface area contributed by atoms with Crippen LogP contribution >= 0.6 is 0 Å². The smallest absolute Gasteiger partial charge is 0.382 e. The monoisotopic (exact) mass is 258 g/mol. The van der Waals surface area contributed by atoms with E-state index in [1.54, 1.807) is 0 Å². The van der Waals surface area contributed by atoms with Crippen molar-refractivity contribution in [3.63, 3.8) is 0 Å². The molecule has 0 aliphatic rings.